The van der Waals surface area contributed by atoms with Gasteiger partial charge in [0.15, 0.2) is 0 Å². The maximum atomic E-state index is 3.25. The van der Waals surface area contributed by atoms with Crippen LogP contribution in [0.5, 0.6) is 0 Å². The van der Waals surface area contributed by atoms with E-state index in [2.05, 4.69) is 19.1 Å². The van der Waals surface area contributed by atoms with Crippen molar-refractivity contribution in [2.75, 3.05) is 0 Å². The molecule has 0 bridgehead atoms. The van der Waals surface area contributed by atoms with Gasteiger partial charge in [-0.2, -0.15) is 13.0 Å². The van der Waals surface area contributed by atoms with Crippen LogP contribution in [0.15, 0.2) is 18.2 Å². The van der Waals surface area contributed by atoms with Crippen LogP contribution in [0.2, 0.25) is 0 Å². The van der Waals surface area contributed by atoms with Gasteiger partial charge in [-0.1, -0.05) is 0 Å². The summed E-state index contributed by atoms with van der Waals surface area (Å²) < 4.78 is 0. The first-order valence-corrected chi connectivity index (χ1v) is 2.42. The molecule has 1 radical (unpaired) electrons. The molecule has 0 aromatic heterocycles. The Labute approximate surface area is 61.9 Å². The van der Waals surface area contributed by atoms with Crippen LogP contribution in [0.4, 0.5) is 0 Å². The van der Waals surface area contributed by atoms with Crippen LogP contribution < -0.4 is 0 Å². The molecule has 8 heavy (non-hydrogen) atoms. The van der Waals surface area contributed by atoms with E-state index in [1.54, 1.807) is 6.92 Å². The van der Waals surface area contributed by atoms with Gasteiger partial charge in [-0.25, -0.2) is 12.2 Å². The van der Waals surface area contributed by atoms with Crippen LogP contribution in [0.25, 0.3) is 0 Å². The van der Waals surface area contributed by atoms with Crippen molar-refractivity contribution >= 4 is 0 Å². The predicted molar refractivity (Wildman–Crippen MR) is 32.6 cm³/mol. The predicted octanol–water partition coefficient (Wildman–Crippen LogP) is 2.14. The summed E-state index contributed by atoms with van der Waals surface area (Å²) in [5.41, 5.74) is 0. The van der Waals surface area contributed by atoms with E-state index < -0.39 is 0 Å². The number of hydrogen-bond acceptors (Lipinski definition) is 0. The molecular formula is C7H10Co. The SMILES string of the molecule is [C-]1=CC=CC1.[CH2-]C.[Co+2]. The van der Waals surface area contributed by atoms with E-state index in [9.17, 15) is 0 Å². The largest absolute Gasteiger partial charge is 2.00 e. The Bertz CT molecular complexity index is 62.5. The third-order valence-corrected chi connectivity index (χ3v) is 0.586. The van der Waals surface area contributed by atoms with Gasteiger partial charge in [-0.15, -0.1) is 6.42 Å². The number of rotatable bonds is 0. The second kappa shape index (κ2) is 10.1. The van der Waals surface area contributed by atoms with E-state index in [4.69, 9.17) is 0 Å². The van der Waals surface area contributed by atoms with Gasteiger partial charge in [0, 0.05) is 0 Å². The molecule has 0 amide bonds. The fourth-order valence-electron chi connectivity index (χ4n) is 0.340. The smallest absolute Gasteiger partial charge is 0.346 e. The Hall–Kier alpha value is -0.0135. The molecule has 1 rings (SSSR count). The van der Waals surface area contributed by atoms with Gasteiger partial charge in [0.1, 0.15) is 0 Å². The number of hydrogen-bond donors (Lipinski definition) is 0. The van der Waals surface area contributed by atoms with Crippen LogP contribution in [0.3, 0.4) is 0 Å². The van der Waals surface area contributed by atoms with Crippen molar-refractivity contribution in [1.29, 1.82) is 0 Å². The van der Waals surface area contributed by atoms with Gasteiger partial charge in [-0.05, 0) is 0 Å². The molecule has 1 aliphatic carbocycles. The molecule has 0 N–H and O–H groups in total. The fourth-order valence-corrected chi connectivity index (χ4v) is 0.340. The average molecular weight is 153 g/mol. The summed E-state index contributed by atoms with van der Waals surface area (Å²) in [5, 5.41) is 0. The minimum absolute atomic E-state index is 0. The Morgan fingerprint density at radius 2 is 2.12 bits per heavy atom. The third-order valence-electron chi connectivity index (χ3n) is 0.586. The van der Waals surface area contributed by atoms with Crippen LogP contribution >= 0.6 is 0 Å². The van der Waals surface area contributed by atoms with Crippen molar-refractivity contribution in [2.45, 2.75) is 13.3 Å². The van der Waals surface area contributed by atoms with Gasteiger partial charge >= 0.3 is 16.8 Å². The zero-order valence-electron chi connectivity index (χ0n) is 4.98. The maximum absolute atomic E-state index is 3.25. The van der Waals surface area contributed by atoms with Crippen molar-refractivity contribution in [3.05, 3.63) is 31.2 Å². The van der Waals surface area contributed by atoms with E-state index >= 15 is 0 Å². The summed E-state index contributed by atoms with van der Waals surface area (Å²) in [6.07, 6.45) is 10.0. The van der Waals surface area contributed by atoms with Gasteiger partial charge in [0.25, 0.3) is 0 Å². The van der Waals surface area contributed by atoms with Crippen LogP contribution in [0.1, 0.15) is 13.3 Å². The molecule has 0 heterocycles. The first-order valence-electron chi connectivity index (χ1n) is 2.42. The van der Waals surface area contributed by atoms with E-state index in [0.29, 0.717) is 0 Å². The van der Waals surface area contributed by atoms with E-state index in [0.717, 1.165) is 6.42 Å². The molecule has 1 aliphatic rings. The monoisotopic (exact) mass is 153 g/mol. The third kappa shape index (κ3) is 5.99. The van der Waals surface area contributed by atoms with Crippen LogP contribution in [-0.4, -0.2) is 0 Å². The second-order valence-corrected chi connectivity index (χ2v) is 1.00. The van der Waals surface area contributed by atoms with Crippen LogP contribution in [-0.2, 0) is 16.8 Å². The normalized spacial score (nSPS) is 11.8. The Morgan fingerprint density at radius 1 is 1.50 bits per heavy atom. The number of allylic oxidation sites excluding steroid dienone is 4. The summed E-state index contributed by atoms with van der Waals surface area (Å²) in [4.78, 5) is 0. The summed E-state index contributed by atoms with van der Waals surface area (Å²) in [7, 11) is 0. The molecule has 0 atom stereocenters. The van der Waals surface area contributed by atoms with E-state index in [-0.39, 0.29) is 16.8 Å². The molecule has 0 unspecified atom stereocenters. The zero-order chi connectivity index (χ0) is 5.54. The molecule has 0 aromatic carbocycles. The van der Waals surface area contributed by atoms with Crippen molar-refractivity contribution in [2.24, 2.45) is 0 Å². The van der Waals surface area contributed by atoms with Crippen molar-refractivity contribution in [3.8, 4) is 0 Å². The average Bonchev–Trinajstić information content (AvgIpc) is 2.23. The van der Waals surface area contributed by atoms with Gasteiger partial charge in [0.2, 0.25) is 0 Å². The zero-order valence-corrected chi connectivity index (χ0v) is 6.02. The van der Waals surface area contributed by atoms with Crippen molar-refractivity contribution in [3.63, 3.8) is 0 Å². The molecule has 0 spiro atoms. The molecule has 0 saturated heterocycles. The van der Waals surface area contributed by atoms with E-state index in [1.165, 1.54) is 0 Å². The first kappa shape index (κ1) is 10.9. The minimum atomic E-state index is 0. The van der Waals surface area contributed by atoms with Crippen LogP contribution in [0, 0.1) is 13.0 Å². The van der Waals surface area contributed by atoms with Gasteiger partial charge < -0.3 is 6.92 Å². The minimum Gasteiger partial charge on any atom is -0.346 e. The summed E-state index contributed by atoms with van der Waals surface area (Å²) in [6, 6.07) is 0. The molecule has 1 heteroatoms. The van der Waals surface area contributed by atoms with Gasteiger partial charge in [-0.3, -0.25) is 6.08 Å². The summed E-state index contributed by atoms with van der Waals surface area (Å²) in [5.74, 6) is 0. The molecule has 0 aliphatic heterocycles. The fraction of sp³-hybridized carbons (Fsp3) is 0.286. The Balaban J connectivity index is 0. The molecular weight excluding hydrogens is 143 g/mol. The molecule has 47 valence electrons. The molecule has 0 nitrogen and oxygen atoms in total. The standard InChI is InChI=1S/C5H5.C2H5.Co/c1-2-4-5-3-1;1-2;/h1-3H,4H2;1H2,2H3;/q2*-1;+2. The van der Waals surface area contributed by atoms with Gasteiger partial charge in [0.05, 0.1) is 0 Å². The Morgan fingerprint density at radius 3 is 2.25 bits per heavy atom. The second-order valence-electron chi connectivity index (χ2n) is 1.00. The topological polar surface area (TPSA) is 0 Å². The summed E-state index contributed by atoms with van der Waals surface area (Å²) >= 11 is 0. The quantitative estimate of drug-likeness (QED) is 0.467. The summed E-state index contributed by atoms with van der Waals surface area (Å²) in [6.45, 7) is 5.00. The molecule has 0 saturated carbocycles. The first-order chi connectivity index (χ1) is 3.50. The Kier molecular flexibility index (Phi) is 13.7. The molecule has 0 aromatic rings. The van der Waals surface area contributed by atoms with E-state index in [1.807, 2.05) is 12.2 Å². The molecule has 0 fully saturated rings. The van der Waals surface area contributed by atoms with Crippen molar-refractivity contribution < 1.29 is 16.8 Å². The van der Waals surface area contributed by atoms with Crippen molar-refractivity contribution in [1.82, 2.24) is 0 Å². The maximum Gasteiger partial charge on any atom is 2.00 e.